The van der Waals surface area contributed by atoms with Gasteiger partial charge < -0.3 is 15.0 Å². The van der Waals surface area contributed by atoms with Crippen molar-refractivity contribution in [2.24, 2.45) is 0 Å². The Morgan fingerprint density at radius 2 is 2.17 bits per heavy atom. The van der Waals surface area contributed by atoms with Gasteiger partial charge in [0.05, 0.1) is 0 Å². The van der Waals surface area contributed by atoms with E-state index in [0.717, 1.165) is 12.3 Å². The molecule has 1 aliphatic heterocycles. The zero-order valence-electron chi connectivity index (χ0n) is 8.34. The number of aldehydes is 1. The highest BCUT2D eigenvalue weighted by Gasteiger charge is 2.13. The molecule has 0 aromatic rings. The normalized spacial score (nSPS) is 24.1. The van der Waals surface area contributed by atoms with Crippen LogP contribution < -0.4 is 5.32 Å². The Morgan fingerprint density at radius 3 is 2.50 bits per heavy atom. The molecule has 0 amide bonds. The molecule has 0 unspecified atom stereocenters. The molecule has 1 rings (SSSR count). The van der Waals surface area contributed by atoms with E-state index < -0.39 is 0 Å². The van der Waals surface area contributed by atoms with Crippen LogP contribution in [0.25, 0.3) is 0 Å². The molecule has 1 heterocycles. The van der Waals surface area contributed by atoms with Crippen LogP contribution in [0.3, 0.4) is 0 Å². The molecule has 0 spiro atoms. The fourth-order valence-corrected chi connectivity index (χ4v) is 1.40. The van der Waals surface area contributed by atoms with E-state index in [9.17, 15) is 0 Å². The molecule has 3 nitrogen and oxygen atoms in total. The second kappa shape index (κ2) is 7.25. The van der Waals surface area contributed by atoms with Crippen LogP contribution >= 0.6 is 0 Å². The predicted octanol–water partition coefficient (Wildman–Crippen LogP) is 0.505. The van der Waals surface area contributed by atoms with Crippen molar-refractivity contribution in [3.8, 4) is 0 Å². The van der Waals surface area contributed by atoms with E-state index in [2.05, 4.69) is 17.3 Å². The third kappa shape index (κ3) is 5.27. The van der Waals surface area contributed by atoms with Gasteiger partial charge in [0.25, 0.3) is 0 Å². The Kier molecular flexibility index (Phi) is 7.00. The van der Waals surface area contributed by atoms with E-state index in [1.54, 1.807) is 0 Å². The van der Waals surface area contributed by atoms with Gasteiger partial charge in [-0.1, -0.05) is 0 Å². The zero-order valence-corrected chi connectivity index (χ0v) is 8.34. The van der Waals surface area contributed by atoms with Gasteiger partial charge >= 0.3 is 0 Å². The largest absolute Gasteiger partial charge is 0.316 e. The van der Waals surface area contributed by atoms with Gasteiger partial charge in [-0.2, -0.15) is 0 Å². The number of carbonyl (C=O) groups excluding carboxylic acids is 1. The molecular weight excluding hydrogens is 152 g/mol. The molecule has 3 heteroatoms. The van der Waals surface area contributed by atoms with E-state index in [4.69, 9.17) is 4.79 Å². The molecule has 72 valence electrons. The molecule has 1 aliphatic rings. The van der Waals surface area contributed by atoms with Crippen LogP contribution in [0.4, 0.5) is 0 Å². The minimum absolute atomic E-state index is 0.740. The molecule has 0 aromatic carbocycles. The summed E-state index contributed by atoms with van der Waals surface area (Å²) in [7, 11) is 4.23. The van der Waals surface area contributed by atoms with Crippen LogP contribution in [-0.4, -0.2) is 44.4 Å². The lowest BCUT2D eigenvalue weighted by atomic mass is 10.1. The number of hydrogen-bond acceptors (Lipinski definition) is 3. The Hall–Kier alpha value is -0.410. The van der Waals surface area contributed by atoms with Crippen molar-refractivity contribution < 1.29 is 4.79 Å². The van der Waals surface area contributed by atoms with Crippen molar-refractivity contribution in [3.05, 3.63) is 0 Å². The molecule has 0 bridgehead atoms. The summed E-state index contributed by atoms with van der Waals surface area (Å²) in [6, 6.07) is 0.740. The molecular formula is C9H20N2O. The molecule has 0 saturated carbocycles. The van der Waals surface area contributed by atoms with Crippen molar-refractivity contribution in [1.29, 1.82) is 0 Å². The highest BCUT2D eigenvalue weighted by atomic mass is 16.1. The third-order valence-corrected chi connectivity index (χ3v) is 2.03. The minimum Gasteiger partial charge on any atom is -0.316 e. The monoisotopic (exact) mass is 172 g/mol. The summed E-state index contributed by atoms with van der Waals surface area (Å²) in [5, 5.41) is 3.29. The number of hydrogen-bond donors (Lipinski definition) is 1. The Morgan fingerprint density at radius 1 is 1.58 bits per heavy atom. The summed E-state index contributed by atoms with van der Waals surface area (Å²) < 4.78 is 0. The Labute approximate surface area is 75.1 Å². The van der Waals surface area contributed by atoms with Gasteiger partial charge in [0.15, 0.2) is 0 Å². The first kappa shape index (κ1) is 11.6. The molecule has 1 fully saturated rings. The van der Waals surface area contributed by atoms with E-state index in [-0.39, 0.29) is 0 Å². The van der Waals surface area contributed by atoms with E-state index >= 15 is 0 Å². The highest BCUT2D eigenvalue weighted by molar-refractivity contribution is 5.44. The van der Waals surface area contributed by atoms with E-state index in [1.165, 1.54) is 32.9 Å². The van der Waals surface area contributed by atoms with E-state index in [1.807, 2.05) is 7.05 Å². The fourth-order valence-electron chi connectivity index (χ4n) is 1.40. The summed E-state index contributed by atoms with van der Waals surface area (Å²) in [6.45, 7) is 3.94. The van der Waals surface area contributed by atoms with Gasteiger partial charge in [-0.05, 0) is 40.4 Å². The zero-order chi connectivity index (χ0) is 9.40. The first-order valence-corrected chi connectivity index (χ1v) is 4.50. The van der Waals surface area contributed by atoms with Gasteiger partial charge in [-0.25, -0.2) is 0 Å². The van der Waals surface area contributed by atoms with Crippen LogP contribution in [0.2, 0.25) is 0 Å². The van der Waals surface area contributed by atoms with Gasteiger partial charge in [0.1, 0.15) is 6.29 Å². The van der Waals surface area contributed by atoms with Crippen molar-refractivity contribution in [2.45, 2.75) is 25.8 Å². The van der Waals surface area contributed by atoms with Crippen LogP contribution in [0.5, 0.6) is 0 Å². The van der Waals surface area contributed by atoms with Gasteiger partial charge in [-0.3, -0.25) is 0 Å². The van der Waals surface area contributed by atoms with Crippen molar-refractivity contribution in [2.75, 3.05) is 27.2 Å². The Balaban J connectivity index is 0.000000354. The number of nitrogens with one attached hydrogen (secondary N) is 1. The average Bonchev–Trinajstić information content (AvgIpc) is 2.06. The maximum atomic E-state index is 8.81. The smallest absolute Gasteiger partial charge is 0.116 e. The standard InChI is InChI=1S/C7H16N2.C2H4O/c1-8-7-4-3-5-9(2)6-7;1-2-3/h7-8H,3-6H2,1-2H3;2H,1H3/t7-;/m1./s1. The van der Waals surface area contributed by atoms with Crippen LogP contribution in [-0.2, 0) is 4.79 Å². The second-order valence-electron chi connectivity index (χ2n) is 3.13. The lowest BCUT2D eigenvalue weighted by molar-refractivity contribution is -0.106. The number of nitrogens with zero attached hydrogens (tertiary/aromatic N) is 1. The molecule has 1 atom stereocenters. The molecule has 12 heavy (non-hydrogen) atoms. The first-order valence-electron chi connectivity index (χ1n) is 4.50. The van der Waals surface area contributed by atoms with Crippen LogP contribution in [0, 0.1) is 0 Å². The predicted molar refractivity (Wildman–Crippen MR) is 51.3 cm³/mol. The molecule has 1 saturated heterocycles. The lowest BCUT2D eigenvalue weighted by Gasteiger charge is -2.29. The molecule has 0 aromatic heterocycles. The number of likely N-dealkylation sites (tertiary alicyclic amines) is 1. The summed E-state index contributed by atoms with van der Waals surface area (Å²) in [5.74, 6) is 0. The Bertz CT molecular complexity index is 117. The number of carbonyl (C=O) groups is 1. The summed E-state index contributed by atoms with van der Waals surface area (Å²) in [4.78, 5) is 11.2. The fraction of sp³-hybridized carbons (Fsp3) is 0.889. The third-order valence-electron chi connectivity index (χ3n) is 2.03. The first-order chi connectivity index (χ1) is 5.74. The number of rotatable bonds is 1. The number of piperidine rings is 1. The average molecular weight is 172 g/mol. The quantitative estimate of drug-likeness (QED) is 0.585. The highest BCUT2D eigenvalue weighted by Crippen LogP contribution is 2.06. The van der Waals surface area contributed by atoms with Crippen LogP contribution in [0.15, 0.2) is 0 Å². The van der Waals surface area contributed by atoms with E-state index in [0.29, 0.717) is 0 Å². The maximum Gasteiger partial charge on any atom is 0.116 e. The topological polar surface area (TPSA) is 32.3 Å². The summed E-state index contributed by atoms with van der Waals surface area (Å²) in [6.07, 6.45) is 3.45. The van der Waals surface area contributed by atoms with Crippen molar-refractivity contribution in [1.82, 2.24) is 10.2 Å². The minimum atomic E-state index is 0.740. The van der Waals surface area contributed by atoms with Gasteiger partial charge in [0.2, 0.25) is 0 Å². The SMILES string of the molecule is CC=O.CN[C@@H]1CCCN(C)C1. The molecule has 0 radical (unpaired) electrons. The molecule has 1 N–H and O–H groups in total. The van der Waals surface area contributed by atoms with Crippen LogP contribution in [0.1, 0.15) is 19.8 Å². The number of likely N-dealkylation sites (N-methyl/N-ethyl adjacent to an activating group) is 2. The van der Waals surface area contributed by atoms with Crippen molar-refractivity contribution in [3.63, 3.8) is 0 Å². The van der Waals surface area contributed by atoms with Gasteiger partial charge in [-0.15, -0.1) is 0 Å². The maximum absolute atomic E-state index is 8.81. The lowest BCUT2D eigenvalue weighted by Crippen LogP contribution is -2.42. The summed E-state index contributed by atoms with van der Waals surface area (Å²) >= 11 is 0. The molecule has 0 aliphatic carbocycles. The second-order valence-corrected chi connectivity index (χ2v) is 3.13. The van der Waals surface area contributed by atoms with Crippen molar-refractivity contribution >= 4 is 6.29 Å². The van der Waals surface area contributed by atoms with Gasteiger partial charge in [0, 0.05) is 12.6 Å². The summed E-state index contributed by atoms with van der Waals surface area (Å²) in [5.41, 5.74) is 0.